The molecule has 2 fully saturated rings. The van der Waals surface area contributed by atoms with Gasteiger partial charge in [-0.05, 0) is 43.7 Å². The third-order valence-corrected chi connectivity index (χ3v) is 7.02. The molecule has 1 saturated carbocycles. The van der Waals surface area contributed by atoms with Crippen LogP contribution in [0.5, 0.6) is 5.88 Å². The first-order chi connectivity index (χ1) is 16.2. The number of aromatic nitrogens is 5. The van der Waals surface area contributed by atoms with Crippen LogP contribution in [0.15, 0.2) is 43.0 Å². The molecule has 4 heterocycles. The molecule has 1 aliphatic heterocycles. The molecule has 4 aromatic rings. The highest BCUT2D eigenvalue weighted by Gasteiger charge is 2.35. The lowest BCUT2D eigenvalue weighted by atomic mass is 9.85. The van der Waals surface area contributed by atoms with Crippen LogP contribution in [0.1, 0.15) is 12.8 Å². The maximum absolute atomic E-state index is 5.41. The number of likely N-dealkylation sites (N-methyl/N-ethyl adjacent to an activating group) is 1. The van der Waals surface area contributed by atoms with Crippen molar-refractivity contribution in [3.8, 4) is 17.0 Å². The van der Waals surface area contributed by atoms with Crippen molar-refractivity contribution in [1.82, 2.24) is 34.4 Å². The molecule has 1 saturated heterocycles. The van der Waals surface area contributed by atoms with E-state index in [-0.39, 0.29) is 0 Å². The molecule has 6 rings (SSSR count). The van der Waals surface area contributed by atoms with E-state index >= 15 is 0 Å². The summed E-state index contributed by atoms with van der Waals surface area (Å²) in [5, 5.41) is 9.12. The normalized spacial score (nSPS) is 21.9. The van der Waals surface area contributed by atoms with E-state index in [4.69, 9.17) is 9.84 Å². The second-order valence-corrected chi connectivity index (χ2v) is 9.06. The quantitative estimate of drug-likeness (QED) is 0.503. The van der Waals surface area contributed by atoms with Crippen LogP contribution in [0.3, 0.4) is 0 Å². The predicted octanol–water partition coefficient (Wildman–Crippen LogP) is 2.54. The molecular weight excluding hydrogens is 416 g/mol. The van der Waals surface area contributed by atoms with Gasteiger partial charge in [0, 0.05) is 50.0 Å². The highest BCUT2D eigenvalue weighted by atomic mass is 16.5. The van der Waals surface area contributed by atoms with Gasteiger partial charge in [-0.25, -0.2) is 19.5 Å². The number of benzene rings is 1. The fourth-order valence-electron chi connectivity index (χ4n) is 4.95. The Morgan fingerprint density at radius 1 is 1.03 bits per heavy atom. The molecule has 0 unspecified atom stereocenters. The van der Waals surface area contributed by atoms with E-state index in [0.717, 1.165) is 40.4 Å². The van der Waals surface area contributed by atoms with Crippen molar-refractivity contribution in [3.05, 3.63) is 43.0 Å². The number of piperazine rings is 1. The van der Waals surface area contributed by atoms with Gasteiger partial charge >= 0.3 is 0 Å². The van der Waals surface area contributed by atoms with Gasteiger partial charge in [-0.15, -0.1) is 5.10 Å². The summed E-state index contributed by atoms with van der Waals surface area (Å²) in [5.41, 5.74) is 3.93. The Bertz CT molecular complexity index is 1290. The van der Waals surface area contributed by atoms with Crippen molar-refractivity contribution in [2.45, 2.75) is 24.9 Å². The Balaban J connectivity index is 1.18. The number of ether oxygens (including phenoxy) is 1. The summed E-state index contributed by atoms with van der Waals surface area (Å²) in [6.07, 6.45) is 7.71. The van der Waals surface area contributed by atoms with Crippen molar-refractivity contribution in [1.29, 1.82) is 0 Å². The SMILES string of the molecule is COc1ncnc2ccc(-c3ccn4nc(N[C@H]5C[C@H](N6CCN(C)CC6)C5)ncc34)cc12. The van der Waals surface area contributed by atoms with E-state index in [1.54, 1.807) is 7.11 Å². The van der Waals surface area contributed by atoms with Gasteiger partial charge in [0.25, 0.3) is 0 Å². The summed E-state index contributed by atoms with van der Waals surface area (Å²) in [7, 11) is 3.83. The summed E-state index contributed by atoms with van der Waals surface area (Å²) < 4.78 is 7.31. The van der Waals surface area contributed by atoms with E-state index in [9.17, 15) is 0 Å². The van der Waals surface area contributed by atoms with Gasteiger partial charge in [-0.3, -0.25) is 4.90 Å². The zero-order chi connectivity index (χ0) is 22.4. The Kier molecular flexibility index (Phi) is 5.07. The van der Waals surface area contributed by atoms with Gasteiger partial charge in [0.2, 0.25) is 11.8 Å². The Morgan fingerprint density at radius 2 is 1.88 bits per heavy atom. The van der Waals surface area contributed by atoms with Crippen molar-refractivity contribution in [3.63, 3.8) is 0 Å². The molecule has 0 bridgehead atoms. The van der Waals surface area contributed by atoms with Gasteiger partial charge in [-0.2, -0.15) is 0 Å². The minimum absolute atomic E-state index is 0.440. The molecule has 0 atom stereocenters. The molecule has 1 N–H and O–H groups in total. The molecule has 170 valence electrons. The molecule has 33 heavy (non-hydrogen) atoms. The van der Waals surface area contributed by atoms with Crippen molar-refractivity contribution in [2.24, 2.45) is 0 Å². The van der Waals surface area contributed by atoms with Gasteiger partial charge in [0.05, 0.1) is 29.7 Å². The molecule has 1 aromatic carbocycles. The molecule has 0 spiro atoms. The van der Waals surface area contributed by atoms with Crippen LogP contribution in [0, 0.1) is 0 Å². The van der Waals surface area contributed by atoms with Crippen molar-refractivity contribution < 1.29 is 4.74 Å². The molecule has 9 heteroatoms. The highest BCUT2D eigenvalue weighted by molar-refractivity contribution is 5.91. The topological polar surface area (TPSA) is 83.7 Å². The van der Waals surface area contributed by atoms with Crippen LogP contribution in [0.2, 0.25) is 0 Å². The minimum Gasteiger partial charge on any atom is -0.480 e. The molecule has 1 aliphatic carbocycles. The predicted molar refractivity (Wildman–Crippen MR) is 128 cm³/mol. The number of hydrogen-bond donors (Lipinski definition) is 1. The van der Waals surface area contributed by atoms with E-state index < -0.39 is 0 Å². The van der Waals surface area contributed by atoms with Crippen LogP contribution >= 0.6 is 0 Å². The first-order valence-electron chi connectivity index (χ1n) is 11.5. The molecular formula is C24H28N8O. The number of rotatable bonds is 5. The lowest BCUT2D eigenvalue weighted by Crippen LogP contribution is -2.55. The number of methoxy groups -OCH3 is 1. The van der Waals surface area contributed by atoms with Crippen LogP contribution in [0.25, 0.3) is 27.5 Å². The van der Waals surface area contributed by atoms with Gasteiger partial charge in [0.15, 0.2) is 0 Å². The van der Waals surface area contributed by atoms with Crippen LogP contribution in [-0.2, 0) is 0 Å². The average molecular weight is 445 g/mol. The first-order valence-corrected chi connectivity index (χ1v) is 11.5. The summed E-state index contributed by atoms with van der Waals surface area (Å²) in [6, 6.07) is 9.30. The summed E-state index contributed by atoms with van der Waals surface area (Å²) >= 11 is 0. The van der Waals surface area contributed by atoms with Crippen LogP contribution < -0.4 is 10.1 Å². The lowest BCUT2D eigenvalue weighted by molar-refractivity contribution is 0.0656. The summed E-state index contributed by atoms with van der Waals surface area (Å²) in [5.74, 6) is 1.25. The van der Waals surface area contributed by atoms with Gasteiger partial charge < -0.3 is 15.0 Å². The first kappa shape index (κ1) is 20.3. The van der Waals surface area contributed by atoms with E-state index in [1.165, 1.54) is 32.5 Å². The van der Waals surface area contributed by atoms with Crippen molar-refractivity contribution >= 4 is 22.4 Å². The molecule has 0 radical (unpaired) electrons. The minimum atomic E-state index is 0.440. The number of fused-ring (bicyclic) bond motifs is 2. The monoisotopic (exact) mass is 444 g/mol. The summed E-state index contributed by atoms with van der Waals surface area (Å²) in [6.45, 7) is 4.69. The maximum Gasteiger partial charge on any atom is 0.241 e. The number of nitrogens with one attached hydrogen (secondary N) is 1. The Morgan fingerprint density at radius 3 is 2.70 bits per heavy atom. The van der Waals surface area contributed by atoms with Gasteiger partial charge in [-0.1, -0.05) is 6.07 Å². The van der Waals surface area contributed by atoms with Gasteiger partial charge in [0.1, 0.15) is 6.33 Å². The smallest absolute Gasteiger partial charge is 0.241 e. The van der Waals surface area contributed by atoms with Crippen LogP contribution in [-0.4, -0.2) is 86.8 Å². The fraction of sp³-hybridized carbons (Fsp3) is 0.417. The second kappa shape index (κ2) is 8.24. The maximum atomic E-state index is 5.41. The molecule has 9 nitrogen and oxygen atoms in total. The molecule has 3 aromatic heterocycles. The molecule has 2 aliphatic rings. The Hall–Kier alpha value is -3.30. The third-order valence-electron chi connectivity index (χ3n) is 7.02. The number of hydrogen-bond acceptors (Lipinski definition) is 8. The Labute approximate surface area is 192 Å². The zero-order valence-corrected chi connectivity index (χ0v) is 19.0. The summed E-state index contributed by atoms with van der Waals surface area (Å²) in [4.78, 5) is 18.2. The second-order valence-electron chi connectivity index (χ2n) is 9.06. The van der Waals surface area contributed by atoms with Crippen molar-refractivity contribution in [2.75, 3.05) is 45.7 Å². The third kappa shape index (κ3) is 3.77. The standard InChI is InChI=1S/C24H28N8O/c1-30-7-9-31(10-8-30)18-12-17(13-18)28-24-25-14-22-19(5-6-32(22)29-24)16-3-4-21-20(11-16)23(33-2)27-15-26-21/h3-6,11,14-15,17-18H,7-10,12-13H2,1-2H3,(H,28,29)/t17-,18-. The number of nitrogens with zero attached hydrogens (tertiary/aromatic N) is 7. The average Bonchev–Trinajstić information content (AvgIpc) is 3.24. The van der Waals surface area contributed by atoms with E-state index in [2.05, 4.69) is 55.3 Å². The largest absolute Gasteiger partial charge is 0.480 e. The molecule has 0 amide bonds. The zero-order valence-electron chi connectivity index (χ0n) is 19.0. The van der Waals surface area contributed by atoms with E-state index in [1.807, 2.05) is 23.0 Å². The number of anilines is 1. The lowest BCUT2D eigenvalue weighted by Gasteiger charge is -2.46. The van der Waals surface area contributed by atoms with E-state index in [0.29, 0.717) is 23.9 Å². The highest BCUT2D eigenvalue weighted by Crippen LogP contribution is 2.31. The van der Waals surface area contributed by atoms with Crippen LogP contribution in [0.4, 0.5) is 5.95 Å². The fourth-order valence-corrected chi connectivity index (χ4v) is 4.95.